The van der Waals surface area contributed by atoms with Gasteiger partial charge in [-0.15, -0.1) is 0 Å². The van der Waals surface area contributed by atoms with Gasteiger partial charge in [-0.25, -0.2) is 0 Å². The maximum absolute atomic E-state index is 12.3. The standard InChI is InChI=1S/C17H19ClN2O3/c1-17(23-3,12-6-4-7-13(18)10-12)11-19-15(21)14-8-5-9-20(2)16(14)22/h4-10H,11H2,1-3H3,(H,19,21). The first kappa shape index (κ1) is 17.2. The highest BCUT2D eigenvalue weighted by atomic mass is 35.5. The minimum Gasteiger partial charge on any atom is -0.372 e. The highest BCUT2D eigenvalue weighted by molar-refractivity contribution is 6.30. The van der Waals surface area contributed by atoms with Crippen LogP contribution in [-0.2, 0) is 17.4 Å². The molecular weight excluding hydrogens is 316 g/mol. The molecule has 23 heavy (non-hydrogen) atoms. The van der Waals surface area contributed by atoms with E-state index in [2.05, 4.69) is 5.32 Å². The second-order valence-corrected chi connectivity index (χ2v) is 5.90. The van der Waals surface area contributed by atoms with E-state index in [4.69, 9.17) is 16.3 Å². The van der Waals surface area contributed by atoms with E-state index in [0.29, 0.717) is 5.02 Å². The van der Waals surface area contributed by atoms with Crippen LogP contribution in [0, 0.1) is 0 Å². The van der Waals surface area contributed by atoms with Crippen molar-refractivity contribution >= 4 is 17.5 Å². The molecule has 0 aliphatic carbocycles. The number of aryl methyl sites for hydroxylation is 1. The van der Waals surface area contributed by atoms with Crippen molar-refractivity contribution < 1.29 is 9.53 Å². The molecule has 1 heterocycles. The molecule has 0 saturated carbocycles. The summed E-state index contributed by atoms with van der Waals surface area (Å²) in [5, 5.41) is 3.35. The molecule has 1 aromatic heterocycles. The molecule has 2 aromatic rings. The molecule has 6 heteroatoms. The lowest BCUT2D eigenvalue weighted by Crippen LogP contribution is -2.41. The number of methoxy groups -OCH3 is 1. The Morgan fingerprint density at radius 3 is 2.74 bits per heavy atom. The zero-order valence-electron chi connectivity index (χ0n) is 13.3. The summed E-state index contributed by atoms with van der Waals surface area (Å²) in [6.45, 7) is 2.06. The molecule has 0 saturated heterocycles. The largest absolute Gasteiger partial charge is 0.372 e. The van der Waals surface area contributed by atoms with Gasteiger partial charge in [0.25, 0.3) is 11.5 Å². The maximum Gasteiger partial charge on any atom is 0.263 e. The second-order valence-electron chi connectivity index (χ2n) is 5.47. The van der Waals surface area contributed by atoms with Crippen molar-refractivity contribution in [3.63, 3.8) is 0 Å². The van der Waals surface area contributed by atoms with Gasteiger partial charge in [0.05, 0.1) is 6.54 Å². The van der Waals surface area contributed by atoms with E-state index < -0.39 is 11.5 Å². The number of carbonyl (C=O) groups excluding carboxylic acids is 1. The fourth-order valence-corrected chi connectivity index (χ4v) is 2.41. The minimum atomic E-state index is -0.749. The summed E-state index contributed by atoms with van der Waals surface area (Å²) in [7, 11) is 3.17. The number of pyridine rings is 1. The molecule has 0 fully saturated rings. The van der Waals surface area contributed by atoms with Gasteiger partial charge < -0.3 is 14.6 Å². The summed E-state index contributed by atoms with van der Waals surface area (Å²) in [5.41, 5.74) is -0.152. The van der Waals surface area contributed by atoms with Crippen LogP contribution in [0.4, 0.5) is 0 Å². The average molecular weight is 335 g/mol. The van der Waals surface area contributed by atoms with Crippen LogP contribution in [0.15, 0.2) is 47.4 Å². The number of benzene rings is 1. The van der Waals surface area contributed by atoms with Gasteiger partial charge in [-0.1, -0.05) is 23.7 Å². The van der Waals surface area contributed by atoms with Crippen LogP contribution in [0.5, 0.6) is 0 Å². The number of rotatable bonds is 5. The van der Waals surface area contributed by atoms with Gasteiger partial charge in [0.2, 0.25) is 0 Å². The van der Waals surface area contributed by atoms with Gasteiger partial charge in [-0.05, 0) is 36.8 Å². The second kappa shape index (κ2) is 6.98. The van der Waals surface area contributed by atoms with Gasteiger partial charge >= 0.3 is 0 Å². The molecule has 1 unspecified atom stereocenters. The number of carbonyl (C=O) groups is 1. The third-order valence-corrected chi connectivity index (χ3v) is 4.08. The topological polar surface area (TPSA) is 60.3 Å². The van der Waals surface area contributed by atoms with Crippen molar-refractivity contribution in [3.05, 3.63) is 69.1 Å². The lowest BCUT2D eigenvalue weighted by Gasteiger charge is -2.29. The summed E-state index contributed by atoms with van der Waals surface area (Å²) in [6, 6.07) is 10.4. The van der Waals surface area contributed by atoms with Crippen molar-refractivity contribution in [2.75, 3.05) is 13.7 Å². The summed E-state index contributed by atoms with van der Waals surface area (Å²) in [4.78, 5) is 24.2. The number of hydrogen-bond acceptors (Lipinski definition) is 3. The Morgan fingerprint density at radius 1 is 1.35 bits per heavy atom. The van der Waals surface area contributed by atoms with E-state index in [1.54, 1.807) is 38.6 Å². The summed E-state index contributed by atoms with van der Waals surface area (Å²) in [6.07, 6.45) is 1.60. The number of aromatic nitrogens is 1. The van der Waals surface area contributed by atoms with Crippen LogP contribution in [0.25, 0.3) is 0 Å². The molecule has 1 aromatic carbocycles. The summed E-state index contributed by atoms with van der Waals surface area (Å²) in [5.74, 6) is -0.434. The number of nitrogens with one attached hydrogen (secondary N) is 1. The van der Waals surface area contributed by atoms with Gasteiger partial charge in [-0.3, -0.25) is 9.59 Å². The quantitative estimate of drug-likeness (QED) is 0.913. The van der Waals surface area contributed by atoms with E-state index in [1.165, 1.54) is 10.6 Å². The molecular formula is C17H19ClN2O3. The Kier molecular flexibility index (Phi) is 5.23. The Balaban J connectivity index is 2.18. The first-order chi connectivity index (χ1) is 10.9. The fourth-order valence-electron chi connectivity index (χ4n) is 2.22. The third-order valence-electron chi connectivity index (χ3n) is 3.84. The lowest BCUT2D eigenvalue weighted by molar-refractivity contribution is 0.00314. The van der Waals surface area contributed by atoms with Crippen LogP contribution in [0.1, 0.15) is 22.8 Å². The molecule has 0 radical (unpaired) electrons. The molecule has 0 spiro atoms. The monoisotopic (exact) mass is 334 g/mol. The number of nitrogens with zero attached hydrogens (tertiary/aromatic N) is 1. The zero-order valence-corrected chi connectivity index (χ0v) is 14.1. The Labute approximate surface area is 139 Å². The van der Waals surface area contributed by atoms with Crippen LogP contribution < -0.4 is 10.9 Å². The minimum absolute atomic E-state index is 0.0968. The van der Waals surface area contributed by atoms with Gasteiger partial charge in [-0.2, -0.15) is 0 Å². The molecule has 1 N–H and O–H groups in total. The third kappa shape index (κ3) is 3.81. The van der Waals surface area contributed by atoms with Crippen LogP contribution in [0.3, 0.4) is 0 Å². The smallest absolute Gasteiger partial charge is 0.263 e. The molecule has 2 rings (SSSR count). The molecule has 0 bridgehead atoms. The average Bonchev–Trinajstić information content (AvgIpc) is 2.55. The molecule has 1 amide bonds. The van der Waals surface area contributed by atoms with Gasteiger partial charge in [0.15, 0.2) is 0 Å². The summed E-state index contributed by atoms with van der Waals surface area (Å²) >= 11 is 6.02. The van der Waals surface area contributed by atoms with Crippen molar-refractivity contribution in [2.24, 2.45) is 7.05 Å². The Hall–Kier alpha value is -2.11. The van der Waals surface area contributed by atoms with Crippen molar-refractivity contribution in [1.29, 1.82) is 0 Å². The Bertz CT molecular complexity index is 772. The van der Waals surface area contributed by atoms with Crippen LogP contribution in [-0.4, -0.2) is 24.1 Å². The first-order valence-electron chi connectivity index (χ1n) is 7.12. The normalized spacial score (nSPS) is 13.4. The summed E-state index contributed by atoms with van der Waals surface area (Å²) < 4.78 is 6.92. The predicted octanol–water partition coefficient (Wildman–Crippen LogP) is 2.33. The number of halogens is 1. The molecule has 122 valence electrons. The van der Waals surface area contributed by atoms with E-state index >= 15 is 0 Å². The maximum atomic E-state index is 12.3. The highest BCUT2D eigenvalue weighted by Crippen LogP contribution is 2.26. The zero-order chi connectivity index (χ0) is 17.0. The van der Waals surface area contributed by atoms with Crippen LogP contribution >= 0.6 is 11.6 Å². The van der Waals surface area contributed by atoms with Crippen molar-refractivity contribution in [2.45, 2.75) is 12.5 Å². The first-order valence-corrected chi connectivity index (χ1v) is 7.50. The van der Waals surface area contributed by atoms with E-state index in [0.717, 1.165) is 5.56 Å². The lowest BCUT2D eigenvalue weighted by atomic mass is 9.95. The number of hydrogen-bond donors (Lipinski definition) is 1. The molecule has 1 atom stereocenters. The van der Waals surface area contributed by atoms with E-state index in [1.807, 2.05) is 19.1 Å². The predicted molar refractivity (Wildman–Crippen MR) is 89.8 cm³/mol. The number of ether oxygens (including phenoxy) is 1. The molecule has 0 aliphatic heterocycles. The molecule has 0 aliphatic rings. The van der Waals surface area contributed by atoms with Crippen molar-refractivity contribution in [1.82, 2.24) is 9.88 Å². The van der Waals surface area contributed by atoms with Gasteiger partial charge in [0.1, 0.15) is 11.2 Å². The van der Waals surface area contributed by atoms with Crippen LogP contribution in [0.2, 0.25) is 5.02 Å². The van der Waals surface area contributed by atoms with E-state index in [9.17, 15) is 9.59 Å². The highest BCUT2D eigenvalue weighted by Gasteiger charge is 2.27. The van der Waals surface area contributed by atoms with Crippen molar-refractivity contribution in [3.8, 4) is 0 Å². The number of amides is 1. The Morgan fingerprint density at radius 2 is 2.09 bits per heavy atom. The molecule has 5 nitrogen and oxygen atoms in total. The van der Waals surface area contributed by atoms with Gasteiger partial charge in [0, 0.05) is 25.4 Å². The SMILES string of the molecule is COC(C)(CNC(=O)c1cccn(C)c1=O)c1cccc(Cl)c1. The van der Waals surface area contributed by atoms with E-state index in [-0.39, 0.29) is 17.7 Å². The fraction of sp³-hybridized carbons (Fsp3) is 0.294.